The lowest BCUT2D eigenvalue weighted by Gasteiger charge is -2.19. The van der Waals surface area contributed by atoms with Crippen molar-refractivity contribution in [3.63, 3.8) is 0 Å². The molecule has 0 unspecified atom stereocenters. The van der Waals surface area contributed by atoms with Gasteiger partial charge in [0.1, 0.15) is 0 Å². The summed E-state index contributed by atoms with van der Waals surface area (Å²) in [5, 5.41) is 11.8. The number of carbonyl (C=O) groups is 1. The number of anilines is 1. The number of amides is 1. The van der Waals surface area contributed by atoms with E-state index in [-0.39, 0.29) is 17.8 Å². The van der Waals surface area contributed by atoms with Crippen molar-refractivity contribution < 1.29 is 18.7 Å². The first kappa shape index (κ1) is 15.4. The summed E-state index contributed by atoms with van der Waals surface area (Å²) in [5.41, 5.74) is -0.0173. The third kappa shape index (κ3) is 3.64. The van der Waals surface area contributed by atoms with Crippen LogP contribution in [-0.2, 0) is 11.3 Å². The van der Waals surface area contributed by atoms with Gasteiger partial charge >= 0.3 is 0 Å². The highest BCUT2D eigenvalue weighted by Crippen LogP contribution is 2.30. The van der Waals surface area contributed by atoms with E-state index >= 15 is 0 Å². The lowest BCUT2D eigenvalue weighted by molar-refractivity contribution is -0.114. The molecule has 1 aromatic rings. The molecular formula is C13H18F2N2O2. The highest BCUT2D eigenvalue weighted by atomic mass is 19.2. The minimum atomic E-state index is -1.34. The summed E-state index contributed by atoms with van der Waals surface area (Å²) >= 11 is 0. The van der Waals surface area contributed by atoms with E-state index in [0.717, 1.165) is 0 Å². The van der Waals surface area contributed by atoms with Crippen molar-refractivity contribution in [2.45, 2.75) is 27.3 Å². The molecule has 0 saturated carbocycles. The molecule has 0 aromatic heterocycles. The third-order valence-corrected chi connectivity index (χ3v) is 2.86. The average Bonchev–Trinajstić information content (AvgIpc) is 2.37. The number of phenols is 1. The fourth-order valence-electron chi connectivity index (χ4n) is 1.76. The first-order chi connectivity index (χ1) is 8.90. The molecule has 106 valence electrons. The van der Waals surface area contributed by atoms with Crippen molar-refractivity contribution >= 4 is 11.6 Å². The molecule has 0 fully saturated rings. The van der Waals surface area contributed by atoms with Crippen LogP contribution in [0.5, 0.6) is 5.75 Å². The fourth-order valence-corrected chi connectivity index (χ4v) is 1.76. The molecule has 4 nitrogen and oxygen atoms in total. The predicted molar refractivity (Wildman–Crippen MR) is 69.0 cm³/mol. The molecule has 0 spiro atoms. The SMILES string of the molecule is CCN(CC)Cc1cc(NC(C)=O)c(F)c(F)c1O. The maximum atomic E-state index is 13.6. The second kappa shape index (κ2) is 6.47. The molecule has 1 rings (SSSR count). The van der Waals surface area contributed by atoms with Crippen molar-refractivity contribution in [1.29, 1.82) is 0 Å². The van der Waals surface area contributed by atoms with Crippen molar-refractivity contribution in [3.8, 4) is 5.75 Å². The van der Waals surface area contributed by atoms with Crippen LogP contribution in [0.1, 0.15) is 26.3 Å². The second-order valence-electron chi connectivity index (χ2n) is 4.20. The minimum absolute atomic E-state index is 0.242. The van der Waals surface area contributed by atoms with Crippen molar-refractivity contribution in [1.82, 2.24) is 4.90 Å². The summed E-state index contributed by atoms with van der Waals surface area (Å²) in [6.07, 6.45) is 0. The van der Waals surface area contributed by atoms with E-state index in [1.165, 1.54) is 13.0 Å². The monoisotopic (exact) mass is 272 g/mol. The Kier molecular flexibility index (Phi) is 5.23. The van der Waals surface area contributed by atoms with E-state index in [1.807, 2.05) is 18.7 Å². The topological polar surface area (TPSA) is 52.6 Å². The number of phenolic OH excluding ortho intramolecular Hbond substituents is 1. The zero-order valence-electron chi connectivity index (χ0n) is 11.3. The zero-order valence-corrected chi connectivity index (χ0v) is 11.3. The van der Waals surface area contributed by atoms with Gasteiger partial charge in [-0.15, -0.1) is 0 Å². The number of hydrogen-bond donors (Lipinski definition) is 2. The first-order valence-corrected chi connectivity index (χ1v) is 6.10. The number of nitrogens with one attached hydrogen (secondary N) is 1. The van der Waals surface area contributed by atoms with Crippen LogP contribution in [0.25, 0.3) is 0 Å². The molecule has 1 amide bonds. The molecule has 19 heavy (non-hydrogen) atoms. The Bertz CT molecular complexity index is 474. The quantitative estimate of drug-likeness (QED) is 0.810. The molecule has 0 bridgehead atoms. The molecule has 6 heteroatoms. The molecule has 0 radical (unpaired) electrons. The van der Waals surface area contributed by atoms with Gasteiger partial charge in [-0.1, -0.05) is 13.8 Å². The highest BCUT2D eigenvalue weighted by molar-refractivity contribution is 5.89. The van der Waals surface area contributed by atoms with Crippen LogP contribution < -0.4 is 5.32 Å². The number of rotatable bonds is 5. The molecule has 0 heterocycles. The Morgan fingerprint density at radius 3 is 2.37 bits per heavy atom. The third-order valence-electron chi connectivity index (χ3n) is 2.86. The van der Waals surface area contributed by atoms with Gasteiger partial charge in [-0.05, 0) is 19.2 Å². The zero-order chi connectivity index (χ0) is 14.6. The second-order valence-corrected chi connectivity index (χ2v) is 4.20. The Labute approximate surface area is 111 Å². The van der Waals surface area contributed by atoms with Gasteiger partial charge in [0.25, 0.3) is 0 Å². The molecule has 0 saturated heterocycles. The summed E-state index contributed by atoms with van der Waals surface area (Å²) in [6, 6.07) is 1.26. The van der Waals surface area contributed by atoms with Crippen molar-refractivity contribution in [3.05, 3.63) is 23.3 Å². The number of aromatic hydroxyl groups is 1. The summed E-state index contributed by atoms with van der Waals surface area (Å²) in [7, 11) is 0. The van der Waals surface area contributed by atoms with Crippen LogP contribution in [0.15, 0.2) is 6.07 Å². The van der Waals surface area contributed by atoms with Gasteiger partial charge < -0.3 is 10.4 Å². The van der Waals surface area contributed by atoms with Gasteiger partial charge in [-0.3, -0.25) is 9.69 Å². The van der Waals surface area contributed by atoms with Gasteiger partial charge in [0.15, 0.2) is 11.6 Å². The predicted octanol–water partition coefficient (Wildman–Crippen LogP) is 2.47. The summed E-state index contributed by atoms with van der Waals surface area (Å²) < 4.78 is 27.1. The molecule has 1 aromatic carbocycles. The number of carbonyl (C=O) groups excluding carboxylic acids is 1. The minimum Gasteiger partial charge on any atom is -0.505 e. The first-order valence-electron chi connectivity index (χ1n) is 6.10. The van der Waals surface area contributed by atoms with Crippen LogP contribution in [0.3, 0.4) is 0 Å². The molecule has 0 aliphatic rings. The van der Waals surface area contributed by atoms with Crippen LogP contribution in [0.4, 0.5) is 14.5 Å². The van der Waals surface area contributed by atoms with E-state index in [0.29, 0.717) is 13.1 Å². The number of hydrogen-bond acceptors (Lipinski definition) is 3. The van der Waals surface area contributed by atoms with Crippen LogP contribution in [0.2, 0.25) is 0 Å². The van der Waals surface area contributed by atoms with Crippen molar-refractivity contribution in [2.75, 3.05) is 18.4 Å². The summed E-state index contributed by atoms with van der Waals surface area (Å²) in [5.74, 6) is -3.80. The lowest BCUT2D eigenvalue weighted by atomic mass is 10.1. The van der Waals surface area contributed by atoms with E-state index in [2.05, 4.69) is 5.32 Å². The lowest BCUT2D eigenvalue weighted by Crippen LogP contribution is -2.22. The normalized spacial score (nSPS) is 10.8. The van der Waals surface area contributed by atoms with E-state index in [1.54, 1.807) is 0 Å². The van der Waals surface area contributed by atoms with Gasteiger partial charge in [0.2, 0.25) is 11.7 Å². The van der Waals surface area contributed by atoms with E-state index in [4.69, 9.17) is 0 Å². The van der Waals surface area contributed by atoms with Crippen LogP contribution >= 0.6 is 0 Å². The van der Waals surface area contributed by atoms with Gasteiger partial charge in [-0.25, -0.2) is 4.39 Å². The molecule has 0 atom stereocenters. The Hall–Kier alpha value is -1.69. The molecular weight excluding hydrogens is 254 g/mol. The number of nitrogens with zero attached hydrogens (tertiary/aromatic N) is 1. The van der Waals surface area contributed by atoms with Crippen LogP contribution in [0, 0.1) is 11.6 Å². The fraction of sp³-hybridized carbons (Fsp3) is 0.462. The molecule has 0 aliphatic heterocycles. The van der Waals surface area contributed by atoms with Gasteiger partial charge in [-0.2, -0.15) is 4.39 Å². The Morgan fingerprint density at radius 1 is 1.32 bits per heavy atom. The van der Waals surface area contributed by atoms with E-state index in [9.17, 15) is 18.7 Å². The average molecular weight is 272 g/mol. The smallest absolute Gasteiger partial charge is 0.221 e. The number of halogens is 2. The standard InChI is InChI=1S/C13H18F2N2O2/c1-4-17(5-2)7-9-6-10(16-8(3)18)11(14)12(15)13(9)19/h6,19H,4-5,7H2,1-3H3,(H,16,18). The Morgan fingerprint density at radius 2 is 1.89 bits per heavy atom. The largest absolute Gasteiger partial charge is 0.505 e. The maximum absolute atomic E-state index is 13.6. The van der Waals surface area contributed by atoms with Crippen molar-refractivity contribution in [2.24, 2.45) is 0 Å². The van der Waals surface area contributed by atoms with Gasteiger partial charge in [0, 0.05) is 19.0 Å². The summed E-state index contributed by atoms with van der Waals surface area (Å²) in [6.45, 7) is 6.76. The van der Waals surface area contributed by atoms with Crippen LogP contribution in [-0.4, -0.2) is 29.0 Å². The van der Waals surface area contributed by atoms with Gasteiger partial charge in [0.05, 0.1) is 5.69 Å². The highest BCUT2D eigenvalue weighted by Gasteiger charge is 2.19. The number of benzene rings is 1. The Balaban J connectivity index is 3.17. The van der Waals surface area contributed by atoms with E-state index < -0.39 is 23.3 Å². The molecule has 0 aliphatic carbocycles. The summed E-state index contributed by atoms with van der Waals surface area (Å²) in [4.78, 5) is 12.9. The molecule has 2 N–H and O–H groups in total. The maximum Gasteiger partial charge on any atom is 0.221 e.